The van der Waals surface area contributed by atoms with Gasteiger partial charge in [0.15, 0.2) is 0 Å². The Hall–Kier alpha value is -2.09. The van der Waals surface area contributed by atoms with Crippen LogP contribution in [0.25, 0.3) is 0 Å². The molecule has 0 aliphatic heterocycles. The molecule has 1 aromatic carbocycles. The molecule has 7 nitrogen and oxygen atoms in total. The van der Waals surface area contributed by atoms with Gasteiger partial charge in [-0.2, -0.15) is 0 Å². The molecule has 124 valence electrons. The van der Waals surface area contributed by atoms with Gasteiger partial charge in [0.05, 0.1) is 12.0 Å². The lowest BCUT2D eigenvalue weighted by Gasteiger charge is -2.27. The van der Waals surface area contributed by atoms with E-state index in [1.54, 1.807) is 13.0 Å². The molecule has 0 N–H and O–H groups in total. The summed E-state index contributed by atoms with van der Waals surface area (Å²) < 4.78 is 4.71. The zero-order valence-corrected chi connectivity index (χ0v) is 14.0. The monoisotopic (exact) mass is 338 g/mol. The number of carbonyl (C=O) groups excluding carboxylic acids is 2. The van der Waals surface area contributed by atoms with Crippen LogP contribution in [0.3, 0.4) is 0 Å². The highest BCUT2D eigenvalue weighted by atomic mass is 32.2. The van der Waals surface area contributed by atoms with E-state index < -0.39 is 22.8 Å². The number of nitro groups is 1. The van der Waals surface area contributed by atoms with Crippen LogP contribution in [0.2, 0.25) is 0 Å². The zero-order chi connectivity index (χ0) is 17.1. The predicted octanol–water partition coefficient (Wildman–Crippen LogP) is 2.48. The van der Waals surface area contributed by atoms with E-state index in [9.17, 15) is 19.7 Å². The summed E-state index contributed by atoms with van der Waals surface area (Å²) in [5, 5.41) is 11.2. The molecule has 1 unspecified atom stereocenters. The van der Waals surface area contributed by atoms with E-state index in [4.69, 9.17) is 4.74 Å². The van der Waals surface area contributed by atoms with Crippen molar-refractivity contribution in [2.75, 3.05) is 13.4 Å². The summed E-state index contributed by atoms with van der Waals surface area (Å²) in [6.45, 7) is 1.58. The van der Waals surface area contributed by atoms with Gasteiger partial charge in [-0.1, -0.05) is 0 Å². The van der Waals surface area contributed by atoms with Crippen molar-refractivity contribution in [3.63, 3.8) is 0 Å². The van der Waals surface area contributed by atoms with Gasteiger partial charge in [0.1, 0.15) is 11.6 Å². The molecule has 1 fully saturated rings. The fraction of sp³-hybridized carbons (Fsp3) is 0.467. The van der Waals surface area contributed by atoms with Gasteiger partial charge in [0.25, 0.3) is 11.6 Å². The number of benzene rings is 1. The number of methoxy groups -OCH3 is 1. The van der Waals surface area contributed by atoms with Crippen molar-refractivity contribution >= 4 is 29.3 Å². The SMILES string of the molecule is COC(=O)C(C)N(C(=O)c1cc(SC)ccc1[N+](=O)[O-])C1CC1. The summed E-state index contributed by atoms with van der Waals surface area (Å²) in [7, 11) is 1.26. The Kier molecular flexibility index (Phi) is 5.25. The molecular formula is C15H18N2O5S. The molecular weight excluding hydrogens is 320 g/mol. The maximum absolute atomic E-state index is 12.9. The van der Waals surface area contributed by atoms with E-state index in [1.807, 2.05) is 6.26 Å². The number of carbonyl (C=O) groups is 2. The summed E-state index contributed by atoms with van der Waals surface area (Å²) in [5.41, 5.74) is -0.250. The molecule has 8 heteroatoms. The first kappa shape index (κ1) is 17.3. The van der Waals surface area contributed by atoms with Gasteiger partial charge in [0, 0.05) is 17.0 Å². The molecule has 0 heterocycles. The van der Waals surface area contributed by atoms with Gasteiger partial charge in [-0.25, -0.2) is 4.79 Å². The standard InChI is InChI=1S/C15H18N2O5S/c1-9(15(19)22-2)16(10-4-5-10)14(18)12-8-11(23-3)6-7-13(12)17(20)21/h6-10H,4-5H2,1-3H3. The maximum Gasteiger partial charge on any atom is 0.328 e. The quantitative estimate of drug-likeness (QED) is 0.343. The maximum atomic E-state index is 12.9. The molecule has 1 saturated carbocycles. The second-order valence-corrected chi connectivity index (χ2v) is 6.16. The molecule has 1 aliphatic rings. The lowest BCUT2D eigenvalue weighted by Crippen LogP contribution is -2.45. The van der Waals surface area contributed by atoms with Crippen LogP contribution >= 0.6 is 11.8 Å². The van der Waals surface area contributed by atoms with Crippen molar-refractivity contribution in [2.45, 2.75) is 36.7 Å². The van der Waals surface area contributed by atoms with Crippen molar-refractivity contribution in [3.8, 4) is 0 Å². The fourth-order valence-corrected chi connectivity index (χ4v) is 2.85. The number of hydrogen-bond acceptors (Lipinski definition) is 6. The van der Waals surface area contributed by atoms with Crippen LogP contribution in [0.15, 0.2) is 23.1 Å². The molecule has 1 atom stereocenters. The Bertz CT molecular complexity index is 645. The van der Waals surface area contributed by atoms with Crippen molar-refractivity contribution in [2.24, 2.45) is 0 Å². The Morgan fingerprint density at radius 3 is 2.57 bits per heavy atom. The topological polar surface area (TPSA) is 89.8 Å². The Morgan fingerprint density at radius 1 is 1.43 bits per heavy atom. The van der Waals surface area contributed by atoms with Crippen molar-refractivity contribution in [1.82, 2.24) is 4.90 Å². The van der Waals surface area contributed by atoms with E-state index in [0.29, 0.717) is 0 Å². The third-order valence-electron chi connectivity index (χ3n) is 3.77. The smallest absolute Gasteiger partial charge is 0.328 e. The van der Waals surface area contributed by atoms with Crippen LogP contribution in [0.1, 0.15) is 30.1 Å². The molecule has 2 rings (SSSR count). The van der Waals surface area contributed by atoms with Crippen LogP contribution in [0.4, 0.5) is 5.69 Å². The number of thioether (sulfide) groups is 1. The molecule has 1 aromatic rings. The van der Waals surface area contributed by atoms with Crippen LogP contribution in [-0.4, -0.2) is 47.1 Å². The third kappa shape index (κ3) is 3.64. The lowest BCUT2D eigenvalue weighted by molar-refractivity contribution is -0.385. The van der Waals surface area contributed by atoms with E-state index in [2.05, 4.69) is 0 Å². The molecule has 0 radical (unpaired) electrons. The van der Waals surface area contributed by atoms with Gasteiger partial charge in [0.2, 0.25) is 0 Å². The van der Waals surface area contributed by atoms with Crippen LogP contribution in [-0.2, 0) is 9.53 Å². The zero-order valence-electron chi connectivity index (χ0n) is 13.1. The number of amides is 1. The van der Waals surface area contributed by atoms with Gasteiger partial charge in [-0.05, 0) is 38.2 Å². The van der Waals surface area contributed by atoms with Crippen molar-refractivity contribution in [1.29, 1.82) is 0 Å². The van der Waals surface area contributed by atoms with E-state index in [1.165, 1.54) is 35.9 Å². The summed E-state index contributed by atoms with van der Waals surface area (Å²) in [5.74, 6) is -1.04. The van der Waals surface area contributed by atoms with Crippen molar-refractivity contribution in [3.05, 3.63) is 33.9 Å². The first-order valence-electron chi connectivity index (χ1n) is 7.13. The van der Waals surface area contributed by atoms with Gasteiger partial charge in [-0.3, -0.25) is 14.9 Å². The molecule has 1 aliphatic carbocycles. The first-order valence-corrected chi connectivity index (χ1v) is 8.36. The average Bonchev–Trinajstić information content (AvgIpc) is 3.37. The molecule has 0 bridgehead atoms. The number of rotatable bonds is 6. The Labute approximate surface area is 138 Å². The molecule has 0 spiro atoms. The number of esters is 1. The molecule has 0 saturated heterocycles. The summed E-state index contributed by atoms with van der Waals surface area (Å²) in [6.07, 6.45) is 3.39. The average molecular weight is 338 g/mol. The highest BCUT2D eigenvalue weighted by molar-refractivity contribution is 7.98. The highest BCUT2D eigenvalue weighted by Gasteiger charge is 2.41. The fourth-order valence-electron chi connectivity index (χ4n) is 2.41. The van der Waals surface area contributed by atoms with Gasteiger partial charge in [-0.15, -0.1) is 11.8 Å². The summed E-state index contributed by atoms with van der Waals surface area (Å²) >= 11 is 1.39. The van der Waals surface area contributed by atoms with E-state index in [-0.39, 0.29) is 17.3 Å². The number of nitro benzene ring substituents is 1. The van der Waals surface area contributed by atoms with Crippen LogP contribution in [0.5, 0.6) is 0 Å². The highest BCUT2D eigenvalue weighted by Crippen LogP contribution is 2.33. The summed E-state index contributed by atoms with van der Waals surface area (Å²) in [6, 6.07) is 3.58. The van der Waals surface area contributed by atoms with Gasteiger partial charge < -0.3 is 9.64 Å². The Morgan fingerprint density at radius 2 is 2.09 bits per heavy atom. The predicted molar refractivity (Wildman–Crippen MR) is 85.5 cm³/mol. The second kappa shape index (κ2) is 6.99. The third-order valence-corrected chi connectivity index (χ3v) is 4.49. The summed E-state index contributed by atoms with van der Waals surface area (Å²) in [4.78, 5) is 37.5. The largest absolute Gasteiger partial charge is 0.467 e. The molecule has 1 amide bonds. The number of hydrogen-bond donors (Lipinski definition) is 0. The molecule has 0 aromatic heterocycles. The van der Waals surface area contributed by atoms with Gasteiger partial charge >= 0.3 is 5.97 Å². The minimum absolute atomic E-state index is 0.00417. The second-order valence-electron chi connectivity index (χ2n) is 5.28. The van der Waals surface area contributed by atoms with Crippen LogP contribution < -0.4 is 0 Å². The minimum atomic E-state index is -0.780. The van der Waals surface area contributed by atoms with Crippen molar-refractivity contribution < 1.29 is 19.2 Å². The van der Waals surface area contributed by atoms with E-state index >= 15 is 0 Å². The Balaban J connectivity index is 2.43. The first-order chi connectivity index (χ1) is 10.9. The lowest BCUT2D eigenvalue weighted by atomic mass is 10.1. The minimum Gasteiger partial charge on any atom is -0.467 e. The number of nitrogens with zero attached hydrogens (tertiary/aromatic N) is 2. The van der Waals surface area contributed by atoms with E-state index in [0.717, 1.165) is 17.7 Å². The molecule has 23 heavy (non-hydrogen) atoms. The van der Waals surface area contributed by atoms with Crippen LogP contribution in [0, 0.1) is 10.1 Å². The number of ether oxygens (including phenoxy) is 1. The normalized spacial score (nSPS) is 14.9.